The number of hydrogen-bond acceptors (Lipinski definition) is 2. The molecule has 0 aromatic carbocycles. The van der Waals surface area contributed by atoms with Crippen LogP contribution >= 0.6 is 23.5 Å². The van der Waals surface area contributed by atoms with Gasteiger partial charge in [0.2, 0.25) is 0 Å². The Morgan fingerprint density at radius 1 is 0.606 bits per heavy atom. The van der Waals surface area contributed by atoms with Crippen molar-refractivity contribution in [2.75, 3.05) is 0 Å². The number of allylic oxidation sites excluding steroid dienone is 16. The van der Waals surface area contributed by atoms with Crippen LogP contribution in [0.5, 0.6) is 0 Å². The summed E-state index contributed by atoms with van der Waals surface area (Å²) >= 11 is 4.04. The normalized spacial score (nSPS) is 28.4. The first kappa shape index (κ1) is 21.6. The molecule has 33 heavy (non-hydrogen) atoms. The zero-order chi connectivity index (χ0) is 23.4. The summed E-state index contributed by atoms with van der Waals surface area (Å²) < 4.78 is 0. The maximum absolute atomic E-state index is 2.55. The lowest BCUT2D eigenvalue weighted by Gasteiger charge is -2.35. The second-order valence-corrected chi connectivity index (χ2v) is 13.5. The van der Waals surface area contributed by atoms with Crippen molar-refractivity contribution in [3.63, 3.8) is 0 Å². The number of rotatable bonds is 2. The van der Waals surface area contributed by atoms with E-state index in [0.717, 1.165) is 0 Å². The molecule has 2 aliphatic heterocycles. The van der Waals surface area contributed by atoms with Gasteiger partial charge in [0.1, 0.15) is 0 Å². The van der Waals surface area contributed by atoms with Gasteiger partial charge in [-0.05, 0) is 130 Å². The van der Waals surface area contributed by atoms with Crippen molar-refractivity contribution in [3.05, 3.63) is 113 Å². The SMILES string of the molecule is CC1=C(C(C)(C)C2=C(C)C=C3C=C4C(C)=C(C)SC4C=C32)C2=CC3SC(C)=C(C)C3=CC2=C1. The summed E-state index contributed by atoms with van der Waals surface area (Å²) in [7, 11) is 0. The van der Waals surface area contributed by atoms with Gasteiger partial charge >= 0.3 is 0 Å². The maximum atomic E-state index is 2.55. The average Bonchev–Trinajstić information content (AvgIpc) is 3.41. The molecule has 2 atom stereocenters. The lowest BCUT2D eigenvalue weighted by atomic mass is 9.68. The monoisotopic (exact) mass is 468 g/mol. The number of fused-ring (bicyclic) bond motifs is 4. The summed E-state index contributed by atoms with van der Waals surface area (Å²) in [6.45, 7) is 18.6. The van der Waals surface area contributed by atoms with Gasteiger partial charge in [-0.2, -0.15) is 0 Å². The predicted molar refractivity (Wildman–Crippen MR) is 147 cm³/mol. The van der Waals surface area contributed by atoms with Crippen LogP contribution in [0.15, 0.2) is 113 Å². The summed E-state index contributed by atoms with van der Waals surface area (Å²) in [5.74, 6) is 0. The van der Waals surface area contributed by atoms with Gasteiger partial charge in [-0.3, -0.25) is 0 Å². The Hall–Kier alpha value is -1.90. The van der Waals surface area contributed by atoms with Crippen molar-refractivity contribution in [2.45, 2.75) is 65.9 Å². The fourth-order valence-corrected chi connectivity index (χ4v) is 9.15. The minimum atomic E-state index is -0.0550. The van der Waals surface area contributed by atoms with Crippen molar-refractivity contribution >= 4 is 23.5 Å². The molecule has 0 spiro atoms. The molecule has 0 nitrogen and oxygen atoms in total. The highest BCUT2D eigenvalue weighted by Gasteiger charge is 2.42. The minimum absolute atomic E-state index is 0.0550. The second kappa shape index (κ2) is 7.06. The summed E-state index contributed by atoms with van der Waals surface area (Å²) in [4.78, 5) is 2.94. The lowest BCUT2D eigenvalue weighted by molar-refractivity contribution is 0.550. The van der Waals surface area contributed by atoms with E-state index in [1.54, 1.807) is 0 Å². The van der Waals surface area contributed by atoms with Crippen LogP contribution in [0.1, 0.15) is 55.4 Å². The van der Waals surface area contributed by atoms with Crippen LogP contribution in [-0.2, 0) is 0 Å². The van der Waals surface area contributed by atoms with Crippen molar-refractivity contribution < 1.29 is 0 Å². The number of thioether (sulfide) groups is 2. The van der Waals surface area contributed by atoms with E-state index in [4.69, 9.17) is 0 Å². The van der Waals surface area contributed by atoms with Gasteiger partial charge in [-0.15, -0.1) is 23.5 Å². The van der Waals surface area contributed by atoms with Gasteiger partial charge in [0, 0.05) is 5.41 Å². The van der Waals surface area contributed by atoms with Crippen LogP contribution in [0.2, 0.25) is 0 Å². The van der Waals surface area contributed by atoms with E-state index >= 15 is 0 Å². The van der Waals surface area contributed by atoms with Crippen LogP contribution in [-0.4, -0.2) is 10.5 Å². The van der Waals surface area contributed by atoms with Crippen LogP contribution in [0.25, 0.3) is 0 Å². The van der Waals surface area contributed by atoms with Gasteiger partial charge < -0.3 is 0 Å². The van der Waals surface area contributed by atoms with Gasteiger partial charge in [0.25, 0.3) is 0 Å². The van der Waals surface area contributed by atoms with E-state index in [1.165, 1.54) is 76.7 Å². The maximum Gasteiger partial charge on any atom is 0.0533 e. The van der Waals surface area contributed by atoms with Gasteiger partial charge in [0.15, 0.2) is 0 Å². The Bertz CT molecular complexity index is 1260. The Labute approximate surface area is 207 Å². The number of hydrogen-bond donors (Lipinski definition) is 0. The molecule has 4 aliphatic carbocycles. The first-order valence-electron chi connectivity index (χ1n) is 12.0. The third-order valence-electron chi connectivity index (χ3n) is 8.34. The van der Waals surface area contributed by atoms with Crippen LogP contribution in [0, 0.1) is 5.41 Å². The molecule has 168 valence electrons. The molecular weight excluding hydrogens is 436 g/mol. The van der Waals surface area contributed by atoms with Crippen LogP contribution in [0.3, 0.4) is 0 Å². The van der Waals surface area contributed by atoms with E-state index < -0.39 is 0 Å². The van der Waals surface area contributed by atoms with Gasteiger partial charge in [-0.1, -0.05) is 38.2 Å². The Kier molecular flexibility index (Phi) is 4.62. The van der Waals surface area contributed by atoms with E-state index in [2.05, 4.69) is 91.8 Å². The molecule has 2 heteroatoms. The quantitative estimate of drug-likeness (QED) is 0.396. The van der Waals surface area contributed by atoms with Crippen molar-refractivity contribution in [1.82, 2.24) is 0 Å². The Morgan fingerprint density at radius 2 is 1.00 bits per heavy atom. The third kappa shape index (κ3) is 2.93. The van der Waals surface area contributed by atoms with Crippen molar-refractivity contribution in [2.24, 2.45) is 5.41 Å². The van der Waals surface area contributed by atoms with E-state index in [1.807, 2.05) is 23.5 Å². The van der Waals surface area contributed by atoms with Gasteiger partial charge in [-0.25, -0.2) is 0 Å². The molecule has 2 heterocycles. The Morgan fingerprint density at radius 3 is 1.39 bits per heavy atom. The molecule has 0 fully saturated rings. The molecule has 2 unspecified atom stereocenters. The van der Waals surface area contributed by atoms with Crippen molar-refractivity contribution in [1.29, 1.82) is 0 Å². The predicted octanol–water partition coefficient (Wildman–Crippen LogP) is 9.08. The minimum Gasteiger partial charge on any atom is -0.118 e. The second-order valence-electron chi connectivity index (χ2n) is 10.7. The van der Waals surface area contributed by atoms with Crippen LogP contribution in [0.4, 0.5) is 0 Å². The smallest absolute Gasteiger partial charge is 0.0533 e. The fraction of sp³-hybridized carbons (Fsp3) is 0.355. The zero-order valence-electron chi connectivity index (χ0n) is 20.9. The molecule has 0 N–H and O–H groups in total. The van der Waals surface area contributed by atoms with Crippen molar-refractivity contribution in [3.8, 4) is 0 Å². The molecule has 0 amide bonds. The largest absolute Gasteiger partial charge is 0.118 e. The summed E-state index contributed by atoms with van der Waals surface area (Å²) in [6, 6.07) is 0. The first-order valence-corrected chi connectivity index (χ1v) is 13.8. The standard InChI is InChI=1S/C31H32S2/c1-15-9-21-11-23-17(3)19(5)32-27(23)13-25(21)29(15)31(7,8)30-16(2)10-22-12-24-18(4)20(6)33-28(24)14-26(22)30/h9-14,27-28H,1-8H3. The molecule has 0 bridgehead atoms. The summed E-state index contributed by atoms with van der Waals surface area (Å²) in [5, 5.41) is 0.931. The fourth-order valence-electron chi connectivity index (χ4n) is 6.65. The molecule has 0 saturated heterocycles. The molecule has 0 radical (unpaired) electrons. The highest BCUT2D eigenvalue weighted by atomic mass is 32.2. The average molecular weight is 469 g/mol. The molecule has 6 aliphatic rings. The summed E-state index contributed by atoms with van der Waals surface area (Å²) in [5.41, 5.74) is 17.5. The molecule has 0 aromatic heterocycles. The molecule has 6 rings (SSSR count). The Balaban J connectivity index is 1.40. The lowest BCUT2D eigenvalue weighted by Crippen LogP contribution is -2.23. The molecule has 0 aromatic rings. The highest BCUT2D eigenvalue weighted by molar-refractivity contribution is 8.04. The molecule has 0 saturated carbocycles. The summed E-state index contributed by atoms with van der Waals surface area (Å²) in [6.07, 6.45) is 14.9. The van der Waals surface area contributed by atoms with Gasteiger partial charge in [0.05, 0.1) is 10.5 Å². The topological polar surface area (TPSA) is 0 Å². The van der Waals surface area contributed by atoms with E-state index in [-0.39, 0.29) is 5.41 Å². The van der Waals surface area contributed by atoms with E-state index in [9.17, 15) is 0 Å². The highest BCUT2D eigenvalue weighted by Crippen LogP contribution is 2.57. The zero-order valence-corrected chi connectivity index (χ0v) is 22.6. The molecular formula is C31H32S2. The van der Waals surface area contributed by atoms with Crippen LogP contribution < -0.4 is 0 Å². The third-order valence-corrected chi connectivity index (χ3v) is 11.0. The van der Waals surface area contributed by atoms with E-state index in [0.29, 0.717) is 10.5 Å². The first-order chi connectivity index (χ1) is 15.6.